The van der Waals surface area contributed by atoms with Crippen molar-refractivity contribution in [3.63, 3.8) is 0 Å². The summed E-state index contributed by atoms with van der Waals surface area (Å²) in [4.78, 5) is 35.9. The lowest BCUT2D eigenvalue weighted by Gasteiger charge is -2.32. The van der Waals surface area contributed by atoms with Gasteiger partial charge in [-0.2, -0.15) is 5.43 Å². The lowest BCUT2D eigenvalue weighted by Crippen LogP contribution is -2.62. The fourth-order valence-corrected chi connectivity index (χ4v) is 3.08. The van der Waals surface area contributed by atoms with Crippen LogP contribution in [0.5, 0.6) is 0 Å². The maximum Gasteiger partial charge on any atom is 0.414 e. The number of rotatable bonds is 7. The normalized spacial score (nSPS) is 20.3. The second kappa shape index (κ2) is 9.09. The largest absolute Gasteiger partial charge is 0.414 e. The van der Waals surface area contributed by atoms with Crippen LogP contribution >= 0.6 is 0 Å². The third-order valence-corrected chi connectivity index (χ3v) is 4.62. The number of carbonyl (C=O) groups is 2. The minimum Gasteiger partial charge on any atom is -0.387 e. The summed E-state index contributed by atoms with van der Waals surface area (Å²) < 4.78 is 7.06. The van der Waals surface area contributed by atoms with E-state index in [2.05, 4.69) is 20.5 Å². The number of urea groups is 1. The van der Waals surface area contributed by atoms with E-state index in [1.54, 1.807) is 36.3 Å². The smallest absolute Gasteiger partial charge is 0.387 e. The van der Waals surface area contributed by atoms with Gasteiger partial charge in [-0.05, 0) is 19.9 Å². The van der Waals surface area contributed by atoms with Crippen LogP contribution in [0.2, 0.25) is 0 Å². The molecule has 2 unspecified atom stereocenters. The van der Waals surface area contributed by atoms with E-state index in [9.17, 15) is 14.7 Å². The van der Waals surface area contributed by atoms with Crippen molar-refractivity contribution in [2.45, 2.75) is 32.1 Å². The molecule has 3 amide bonds. The molecule has 0 aliphatic carbocycles. The molecule has 0 radical (unpaired) electrons. The second-order valence-electron chi connectivity index (χ2n) is 7.28. The maximum atomic E-state index is 12.8. The lowest BCUT2D eigenvalue weighted by molar-refractivity contribution is -0.546. The van der Waals surface area contributed by atoms with Gasteiger partial charge < -0.3 is 9.84 Å². The molecule has 1 saturated heterocycles. The molecule has 1 aromatic heterocycles. The first kappa shape index (κ1) is 21.5. The standard InChI is InChI=1S/C19H25N7O4/c1-12(2)30-11-14(27)10-26-15-16(24(3)19(29)25(4)17(15)28)22-18(26)23-21-9-13-6-5-7-20-8-13/h5-9,12,14-15,27H,10-11H2,1-4H3/p+1/b21-9+. The highest BCUT2D eigenvalue weighted by molar-refractivity contribution is 6.22. The number of nitrogens with zero attached hydrogens (tertiary/aromatic N) is 6. The molecular weight excluding hydrogens is 390 g/mol. The number of likely N-dealkylation sites (N-methyl/N-ethyl adjacent to an activating group) is 2. The summed E-state index contributed by atoms with van der Waals surface area (Å²) in [5.74, 6) is 0.100. The number of aliphatic hydroxyl groups excluding tert-OH is 1. The lowest BCUT2D eigenvalue weighted by atomic mass is 10.1. The number of carbonyl (C=O) groups excluding carboxylic acids is 2. The molecule has 1 aromatic rings. The highest BCUT2D eigenvalue weighted by atomic mass is 16.5. The number of ether oxygens (including phenoxy) is 1. The molecule has 0 spiro atoms. The molecule has 0 saturated carbocycles. The zero-order valence-corrected chi connectivity index (χ0v) is 17.4. The molecule has 11 heteroatoms. The van der Waals surface area contributed by atoms with Gasteiger partial charge in [0.25, 0.3) is 5.91 Å². The van der Waals surface area contributed by atoms with E-state index in [4.69, 9.17) is 4.74 Å². The Hall–Kier alpha value is -3.18. The summed E-state index contributed by atoms with van der Waals surface area (Å²) in [7, 11) is 2.97. The van der Waals surface area contributed by atoms with Crippen molar-refractivity contribution in [1.29, 1.82) is 0 Å². The summed E-state index contributed by atoms with van der Waals surface area (Å²) in [6.45, 7) is 3.91. The first-order valence-corrected chi connectivity index (χ1v) is 9.55. The quantitative estimate of drug-likeness (QED) is 0.350. The van der Waals surface area contributed by atoms with E-state index in [-0.39, 0.29) is 31.1 Å². The number of guanidine groups is 1. The van der Waals surface area contributed by atoms with Crippen molar-refractivity contribution in [1.82, 2.24) is 20.2 Å². The Balaban J connectivity index is 1.86. The van der Waals surface area contributed by atoms with Crippen LogP contribution < -0.4 is 5.43 Å². The molecule has 2 atom stereocenters. The molecule has 160 valence electrons. The van der Waals surface area contributed by atoms with Gasteiger partial charge in [-0.25, -0.2) is 9.37 Å². The number of fused-ring (bicyclic) bond motifs is 1. The summed E-state index contributed by atoms with van der Waals surface area (Å²) in [6.07, 6.45) is 3.95. The first-order valence-electron chi connectivity index (χ1n) is 9.55. The Morgan fingerprint density at radius 3 is 2.80 bits per heavy atom. The number of aliphatic hydroxyl groups is 1. The molecule has 30 heavy (non-hydrogen) atoms. The van der Waals surface area contributed by atoms with E-state index < -0.39 is 24.1 Å². The summed E-state index contributed by atoms with van der Waals surface area (Å²) in [5, 5.41) is 14.6. The number of hydrogen-bond acceptors (Lipinski definition) is 8. The Labute approximate surface area is 174 Å². The Bertz CT molecular complexity index is 897. The van der Waals surface area contributed by atoms with Crippen molar-refractivity contribution in [2.24, 2.45) is 10.1 Å². The minimum atomic E-state index is -0.873. The van der Waals surface area contributed by atoms with Crippen molar-refractivity contribution in [3.8, 4) is 0 Å². The van der Waals surface area contributed by atoms with Crippen molar-refractivity contribution < 1.29 is 24.0 Å². The van der Waals surface area contributed by atoms with E-state index in [0.29, 0.717) is 0 Å². The van der Waals surface area contributed by atoms with Crippen molar-refractivity contribution in [2.75, 3.05) is 27.2 Å². The number of amides is 3. The van der Waals surface area contributed by atoms with Crippen LogP contribution in [0, 0.1) is 0 Å². The van der Waals surface area contributed by atoms with Gasteiger partial charge >= 0.3 is 12.0 Å². The molecule has 0 aromatic carbocycles. The molecule has 2 N–H and O–H groups in total. The number of amidine groups is 1. The zero-order valence-electron chi connectivity index (χ0n) is 17.4. The zero-order chi connectivity index (χ0) is 21.8. The van der Waals surface area contributed by atoms with Gasteiger partial charge in [0.05, 0.1) is 25.5 Å². The van der Waals surface area contributed by atoms with Crippen LogP contribution in [0.4, 0.5) is 4.79 Å². The molecule has 0 bridgehead atoms. The SMILES string of the molecule is CC(C)OCC(O)C[N+]1=C(N/N=C/c2cccnc2)N=C2C1C(=O)N(C)C(=O)N2C. The van der Waals surface area contributed by atoms with Gasteiger partial charge in [0.2, 0.25) is 11.9 Å². The van der Waals surface area contributed by atoms with Gasteiger partial charge in [0, 0.05) is 32.1 Å². The highest BCUT2D eigenvalue weighted by Gasteiger charge is 2.51. The number of β-amino-alcohol motifs (C(OH)–C–C–N with tert-alkyl or cyclic N) is 1. The summed E-state index contributed by atoms with van der Waals surface area (Å²) in [5.41, 5.74) is 3.59. The summed E-state index contributed by atoms with van der Waals surface area (Å²) >= 11 is 0. The average Bonchev–Trinajstić information content (AvgIpc) is 3.08. The fourth-order valence-electron chi connectivity index (χ4n) is 3.08. The summed E-state index contributed by atoms with van der Waals surface area (Å²) in [6, 6.07) is 2.30. The first-order chi connectivity index (χ1) is 14.3. The van der Waals surface area contributed by atoms with Crippen LogP contribution in [0.15, 0.2) is 34.6 Å². The topological polar surface area (TPSA) is 123 Å². The third kappa shape index (κ3) is 4.52. The van der Waals surface area contributed by atoms with Crippen LogP contribution in [-0.2, 0) is 9.53 Å². The fraction of sp³-hybridized carbons (Fsp3) is 0.474. The number of pyridine rings is 1. The number of imide groups is 1. The molecule has 1 fully saturated rings. The number of nitrogens with one attached hydrogen (secondary N) is 1. The van der Waals surface area contributed by atoms with Gasteiger partial charge in [0.15, 0.2) is 0 Å². The molecule has 3 rings (SSSR count). The molecule has 2 aliphatic rings. The van der Waals surface area contributed by atoms with E-state index in [1.165, 1.54) is 11.9 Å². The van der Waals surface area contributed by atoms with E-state index >= 15 is 0 Å². The molecular formula is C19H26N7O4+. The number of aromatic nitrogens is 1. The Morgan fingerprint density at radius 1 is 1.37 bits per heavy atom. The highest BCUT2D eigenvalue weighted by Crippen LogP contribution is 2.18. The van der Waals surface area contributed by atoms with E-state index in [0.717, 1.165) is 10.5 Å². The van der Waals surface area contributed by atoms with Crippen molar-refractivity contribution in [3.05, 3.63) is 30.1 Å². The van der Waals surface area contributed by atoms with Crippen LogP contribution in [0.25, 0.3) is 0 Å². The monoisotopic (exact) mass is 416 g/mol. The molecule has 2 aliphatic heterocycles. The molecule has 3 heterocycles. The van der Waals surface area contributed by atoms with Crippen LogP contribution in [-0.4, -0.2) is 99.9 Å². The predicted octanol–water partition coefficient (Wildman–Crippen LogP) is -0.536. The van der Waals surface area contributed by atoms with Gasteiger partial charge in [0.1, 0.15) is 6.10 Å². The Kier molecular flexibility index (Phi) is 6.53. The van der Waals surface area contributed by atoms with Crippen LogP contribution in [0.1, 0.15) is 19.4 Å². The van der Waals surface area contributed by atoms with Gasteiger partial charge in [-0.1, -0.05) is 11.1 Å². The number of hydrazone groups is 1. The molecule has 11 nitrogen and oxygen atoms in total. The third-order valence-electron chi connectivity index (χ3n) is 4.62. The predicted molar refractivity (Wildman–Crippen MR) is 109 cm³/mol. The number of hydrogen-bond donors (Lipinski definition) is 2. The van der Waals surface area contributed by atoms with Crippen LogP contribution in [0.3, 0.4) is 0 Å². The second-order valence-corrected chi connectivity index (χ2v) is 7.28. The number of aliphatic imine (C=N–C) groups is 1. The minimum absolute atomic E-state index is 0.0399. The Morgan fingerprint density at radius 2 is 2.13 bits per heavy atom. The van der Waals surface area contributed by atoms with Crippen molar-refractivity contribution >= 4 is 29.9 Å². The van der Waals surface area contributed by atoms with Gasteiger partial charge in [-0.15, -0.1) is 5.10 Å². The van der Waals surface area contributed by atoms with Gasteiger partial charge in [-0.3, -0.25) is 19.6 Å². The average molecular weight is 416 g/mol. The van der Waals surface area contributed by atoms with E-state index in [1.807, 2.05) is 19.9 Å². The maximum absolute atomic E-state index is 12.8.